The van der Waals surface area contributed by atoms with Gasteiger partial charge in [-0.3, -0.25) is 9.36 Å². The Morgan fingerprint density at radius 3 is 2.67 bits per heavy atom. The lowest BCUT2D eigenvalue weighted by Crippen LogP contribution is -2.43. The number of likely N-dealkylation sites (tertiary alicyclic amines) is 1. The summed E-state index contributed by atoms with van der Waals surface area (Å²) >= 11 is 0. The Labute approximate surface area is 231 Å². The van der Waals surface area contributed by atoms with E-state index in [2.05, 4.69) is 32.1 Å². The second kappa shape index (κ2) is 12.3. The van der Waals surface area contributed by atoms with Crippen molar-refractivity contribution < 1.29 is 34.0 Å². The number of imidazole rings is 1. The molecule has 1 saturated carbocycles. The minimum atomic E-state index is -1.41. The standard InChI is InChI=1S/C26H35N7O7/c1-2-38-12-13-39-26(37)32-10-8-15(9-11-32)4-3-5-17-30-22(27)18-23(31-17)33(14-28-18)25-20(35)19(34)21(40-25)24(36)29-16-6-7-16/h14-16,19-21,25,34-35H,2,4,6-13H2,1H3,(H,29,36)(H2,27,30,31)/t19-,20+,21+,25-/m1/s1. The number of piperidine rings is 1. The lowest BCUT2D eigenvalue weighted by Gasteiger charge is -2.30. The van der Waals surface area contributed by atoms with Gasteiger partial charge in [0.1, 0.15) is 24.3 Å². The summed E-state index contributed by atoms with van der Waals surface area (Å²) in [5.74, 6) is 6.20. The van der Waals surface area contributed by atoms with Gasteiger partial charge in [0.05, 0.1) is 12.9 Å². The fraction of sp³-hybridized carbons (Fsp3) is 0.654. The number of ether oxygens (including phenoxy) is 3. The summed E-state index contributed by atoms with van der Waals surface area (Å²) in [7, 11) is 0. The Morgan fingerprint density at radius 1 is 1.18 bits per heavy atom. The maximum atomic E-state index is 12.5. The van der Waals surface area contributed by atoms with Crippen LogP contribution in [0.25, 0.3) is 11.2 Å². The first-order valence-corrected chi connectivity index (χ1v) is 13.7. The molecule has 14 heteroatoms. The third-order valence-corrected chi connectivity index (χ3v) is 7.26. The van der Waals surface area contributed by atoms with E-state index in [9.17, 15) is 19.8 Å². The highest BCUT2D eigenvalue weighted by atomic mass is 16.6. The average Bonchev–Trinajstić information content (AvgIpc) is 3.58. The molecule has 1 aliphatic carbocycles. The molecule has 0 radical (unpaired) electrons. The van der Waals surface area contributed by atoms with Crippen LogP contribution in [0.15, 0.2) is 6.33 Å². The maximum absolute atomic E-state index is 12.5. The monoisotopic (exact) mass is 557 g/mol. The largest absolute Gasteiger partial charge is 0.447 e. The Kier molecular flexibility index (Phi) is 8.65. The van der Waals surface area contributed by atoms with Crippen molar-refractivity contribution >= 4 is 29.0 Å². The number of nitrogens with zero attached hydrogens (tertiary/aromatic N) is 5. The molecule has 3 fully saturated rings. The average molecular weight is 558 g/mol. The number of nitrogens with two attached hydrogens (primary N) is 1. The van der Waals surface area contributed by atoms with Gasteiger partial charge in [0.25, 0.3) is 5.91 Å². The summed E-state index contributed by atoms with van der Waals surface area (Å²) < 4.78 is 17.6. The van der Waals surface area contributed by atoms with Gasteiger partial charge in [-0.05, 0) is 44.4 Å². The molecule has 0 bridgehead atoms. The van der Waals surface area contributed by atoms with Gasteiger partial charge in [-0.25, -0.2) is 19.7 Å². The molecular weight excluding hydrogens is 522 g/mol. The molecule has 216 valence electrons. The van der Waals surface area contributed by atoms with Gasteiger partial charge in [0, 0.05) is 32.2 Å². The number of rotatable bonds is 8. The highest BCUT2D eigenvalue weighted by Gasteiger charge is 2.48. The van der Waals surface area contributed by atoms with Crippen LogP contribution in [0.5, 0.6) is 0 Å². The van der Waals surface area contributed by atoms with Gasteiger partial charge in [0.2, 0.25) is 5.82 Å². The van der Waals surface area contributed by atoms with E-state index in [1.54, 1.807) is 4.90 Å². The number of nitrogens with one attached hydrogen (secondary N) is 1. The molecule has 4 atom stereocenters. The van der Waals surface area contributed by atoms with Crippen molar-refractivity contribution in [1.82, 2.24) is 29.7 Å². The van der Waals surface area contributed by atoms with Gasteiger partial charge >= 0.3 is 6.09 Å². The van der Waals surface area contributed by atoms with Crippen LogP contribution in [-0.2, 0) is 19.0 Å². The molecule has 14 nitrogen and oxygen atoms in total. The van der Waals surface area contributed by atoms with Crippen LogP contribution in [0.1, 0.15) is 51.1 Å². The number of carbonyl (C=O) groups excluding carboxylic acids is 2. The van der Waals surface area contributed by atoms with E-state index < -0.39 is 30.4 Å². The van der Waals surface area contributed by atoms with Crippen molar-refractivity contribution in [2.24, 2.45) is 5.92 Å². The maximum Gasteiger partial charge on any atom is 0.409 e. The molecule has 4 heterocycles. The number of nitrogen functional groups attached to an aromatic ring is 1. The smallest absolute Gasteiger partial charge is 0.409 e. The zero-order valence-corrected chi connectivity index (χ0v) is 22.4. The normalized spacial score (nSPS) is 25.0. The van der Waals surface area contributed by atoms with Crippen LogP contribution in [0.4, 0.5) is 10.6 Å². The summed E-state index contributed by atoms with van der Waals surface area (Å²) in [6.07, 6.45) is -0.0813. The summed E-state index contributed by atoms with van der Waals surface area (Å²) in [4.78, 5) is 39.3. The molecule has 0 unspecified atom stereocenters. The van der Waals surface area contributed by atoms with E-state index in [0.717, 1.165) is 25.7 Å². The summed E-state index contributed by atoms with van der Waals surface area (Å²) in [6, 6.07) is 0.0853. The van der Waals surface area contributed by atoms with Crippen LogP contribution >= 0.6 is 0 Å². The van der Waals surface area contributed by atoms with E-state index in [-0.39, 0.29) is 36.0 Å². The Bertz CT molecular complexity index is 1280. The quantitative estimate of drug-likeness (QED) is 0.251. The van der Waals surface area contributed by atoms with Gasteiger partial charge in [-0.15, -0.1) is 0 Å². The number of aliphatic hydroxyl groups is 2. The van der Waals surface area contributed by atoms with E-state index in [1.165, 1.54) is 10.9 Å². The van der Waals surface area contributed by atoms with Gasteiger partial charge in [-0.1, -0.05) is 5.92 Å². The van der Waals surface area contributed by atoms with Crippen molar-refractivity contribution in [3.8, 4) is 11.8 Å². The lowest BCUT2D eigenvalue weighted by atomic mass is 9.94. The number of carbonyl (C=O) groups is 2. The third-order valence-electron chi connectivity index (χ3n) is 7.26. The van der Waals surface area contributed by atoms with Crippen LogP contribution in [0, 0.1) is 17.8 Å². The molecule has 0 spiro atoms. The van der Waals surface area contributed by atoms with Gasteiger partial charge in [0.15, 0.2) is 23.8 Å². The molecule has 2 aliphatic heterocycles. The number of fused-ring (bicyclic) bond motifs is 1. The second-order valence-corrected chi connectivity index (χ2v) is 10.2. The highest BCUT2D eigenvalue weighted by Crippen LogP contribution is 2.33. The minimum absolute atomic E-state index is 0.0853. The first-order chi connectivity index (χ1) is 19.4. The van der Waals surface area contributed by atoms with Crippen molar-refractivity contribution in [2.45, 2.75) is 69.6 Å². The van der Waals surface area contributed by atoms with E-state index in [1.807, 2.05) is 6.92 Å². The SMILES string of the molecule is CCOCCOC(=O)N1CCC(CC#Cc2nc(N)c3ncn([C@@H]4O[C@H](C(=O)NC5CC5)[C@H](O)[C@@H]4O)c3n2)CC1. The number of anilines is 1. The molecule has 40 heavy (non-hydrogen) atoms. The summed E-state index contributed by atoms with van der Waals surface area (Å²) in [5, 5.41) is 23.9. The molecule has 5 rings (SSSR count). The summed E-state index contributed by atoms with van der Waals surface area (Å²) in [5.41, 5.74) is 6.67. The van der Waals surface area contributed by atoms with Crippen LogP contribution in [-0.4, -0.2) is 104 Å². The van der Waals surface area contributed by atoms with Crippen LogP contribution in [0.3, 0.4) is 0 Å². The molecule has 0 aromatic carbocycles. The van der Waals surface area contributed by atoms with Crippen molar-refractivity contribution in [3.63, 3.8) is 0 Å². The molecule has 2 aromatic heterocycles. The molecule has 5 N–H and O–H groups in total. The van der Waals surface area contributed by atoms with Crippen molar-refractivity contribution in [3.05, 3.63) is 12.2 Å². The molecule has 3 aliphatic rings. The Hall–Kier alpha value is -3.51. The predicted molar refractivity (Wildman–Crippen MR) is 140 cm³/mol. The molecular formula is C26H35N7O7. The number of hydrogen-bond donors (Lipinski definition) is 4. The van der Waals surface area contributed by atoms with Crippen molar-refractivity contribution in [1.29, 1.82) is 0 Å². The van der Waals surface area contributed by atoms with E-state index >= 15 is 0 Å². The van der Waals surface area contributed by atoms with E-state index in [4.69, 9.17) is 19.9 Å². The molecule has 2 amide bonds. The third kappa shape index (κ3) is 6.28. The van der Waals surface area contributed by atoms with Gasteiger partial charge < -0.3 is 40.4 Å². The second-order valence-electron chi connectivity index (χ2n) is 10.2. The first kappa shape index (κ1) is 28.0. The van der Waals surface area contributed by atoms with E-state index in [0.29, 0.717) is 44.2 Å². The lowest BCUT2D eigenvalue weighted by molar-refractivity contribution is -0.137. The van der Waals surface area contributed by atoms with Crippen LogP contribution in [0.2, 0.25) is 0 Å². The number of aromatic nitrogens is 4. The Balaban J connectivity index is 1.20. The first-order valence-electron chi connectivity index (χ1n) is 13.7. The van der Waals surface area contributed by atoms with Crippen molar-refractivity contribution in [2.75, 3.05) is 38.6 Å². The summed E-state index contributed by atoms with van der Waals surface area (Å²) in [6.45, 7) is 4.31. The number of amides is 2. The highest BCUT2D eigenvalue weighted by molar-refractivity contribution is 5.83. The number of aliphatic hydroxyl groups excluding tert-OH is 2. The zero-order valence-electron chi connectivity index (χ0n) is 22.4. The molecule has 2 aromatic rings. The topological polar surface area (TPSA) is 187 Å². The fourth-order valence-corrected chi connectivity index (χ4v) is 4.82. The number of hydrogen-bond acceptors (Lipinski definition) is 11. The van der Waals surface area contributed by atoms with Gasteiger partial charge in [-0.2, -0.15) is 0 Å². The molecule has 2 saturated heterocycles. The van der Waals surface area contributed by atoms with Crippen LogP contribution < -0.4 is 11.1 Å². The Morgan fingerprint density at radius 2 is 1.95 bits per heavy atom. The minimum Gasteiger partial charge on any atom is -0.447 e. The zero-order chi connectivity index (χ0) is 28.2. The predicted octanol–water partition coefficient (Wildman–Crippen LogP) is -0.0670. The fourth-order valence-electron chi connectivity index (χ4n) is 4.82.